The van der Waals surface area contributed by atoms with E-state index < -0.39 is 0 Å². The third kappa shape index (κ3) is 2.65. The Morgan fingerprint density at radius 3 is 2.60 bits per heavy atom. The maximum atomic E-state index is 6.02. The SMILES string of the molecule is ClCc1cc(Br)ccc1-n1cc(-c2ccccc2)cn1. The molecule has 0 saturated carbocycles. The molecule has 1 aromatic heterocycles. The molecule has 0 bridgehead atoms. The Bertz CT molecular complexity index is 722. The van der Waals surface area contributed by atoms with Crippen LogP contribution in [0.25, 0.3) is 16.8 Å². The van der Waals surface area contributed by atoms with Crippen molar-refractivity contribution >= 4 is 27.5 Å². The lowest BCUT2D eigenvalue weighted by Gasteiger charge is -2.07. The van der Waals surface area contributed by atoms with Crippen LogP contribution in [0.2, 0.25) is 0 Å². The topological polar surface area (TPSA) is 17.8 Å². The van der Waals surface area contributed by atoms with E-state index in [1.807, 2.05) is 53.5 Å². The van der Waals surface area contributed by atoms with E-state index in [9.17, 15) is 0 Å². The summed E-state index contributed by atoms with van der Waals surface area (Å²) in [6.45, 7) is 0. The molecule has 0 amide bonds. The Hall–Kier alpha value is -1.58. The van der Waals surface area contributed by atoms with Crippen LogP contribution in [-0.4, -0.2) is 9.78 Å². The van der Waals surface area contributed by atoms with Crippen LogP contribution in [0, 0.1) is 0 Å². The minimum absolute atomic E-state index is 0.454. The number of hydrogen-bond donors (Lipinski definition) is 0. The van der Waals surface area contributed by atoms with Crippen LogP contribution in [0.4, 0.5) is 0 Å². The second-order valence-corrected chi connectivity index (χ2v) is 5.63. The summed E-state index contributed by atoms with van der Waals surface area (Å²) in [4.78, 5) is 0. The minimum Gasteiger partial charge on any atom is -0.240 e. The predicted molar refractivity (Wildman–Crippen MR) is 86.3 cm³/mol. The first-order valence-electron chi connectivity index (χ1n) is 6.23. The molecule has 0 saturated heterocycles. The quantitative estimate of drug-likeness (QED) is 0.607. The zero-order chi connectivity index (χ0) is 13.9. The van der Waals surface area contributed by atoms with Crippen molar-refractivity contribution in [2.45, 2.75) is 5.88 Å². The highest BCUT2D eigenvalue weighted by atomic mass is 79.9. The molecule has 0 aliphatic carbocycles. The van der Waals surface area contributed by atoms with E-state index in [1.54, 1.807) is 0 Å². The Labute approximate surface area is 131 Å². The molecule has 4 heteroatoms. The van der Waals surface area contributed by atoms with Gasteiger partial charge in [0.25, 0.3) is 0 Å². The Kier molecular flexibility index (Phi) is 3.90. The van der Waals surface area contributed by atoms with Gasteiger partial charge >= 0.3 is 0 Å². The highest BCUT2D eigenvalue weighted by Crippen LogP contribution is 2.24. The molecule has 0 N–H and O–H groups in total. The van der Waals surface area contributed by atoms with Crippen LogP contribution >= 0.6 is 27.5 Å². The fraction of sp³-hybridized carbons (Fsp3) is 0.0625. The van der Waals surface area contributed by atoms with E-state index in [0.29, 0.717) is 5.88 Å². The molecule has 0 radical (unpaired) electrons. The third-order valence-electron chi connectivity index (χ3n) is 3.12. The second kappa shape index (κ2) is 5.81. The average molecular weight is 348 g/mol. The fourth-order valence-electron chi connectivity index (χ4n) is 2.12. The molecule has 0 fully saturated rings. The molecule has 3 aromatic rings. The van der Waals surface area contributed by atoms with Crippen LogP contribution < -0.4 is 0 Å². The Balaban J connectivity index is 2.02. The van der Waals surface area contributed by atoms with E-state index in [2.05, 4.69) is 33.2 Å². The number of halogens is 2. The number of hydrogen-bond acceptors (Lipinski definition) is 1. The average Bonchev–Trinajstić information content (AvgIpc) is 2.97. The molecule has 2 aromatic carbocycles. The summed E-state index contributed by atoms with van der Waals surface area (Å²) < 4.78 is 2.89. The molecule has 1 heterocycles. The first-order chi connectivity index (χ1) is 9.78. The number of aromatic nitrogens is 2. The van der Waals surface area contributed by atoms with Gasteiger partial charge in [0, 0.05) is 22.1 Å². The van der Waals surface area contributed by atoms with Gasteiger partial charge in [-0.2, -0.15) is 5.10 Å². The van der Waals surface area contributed by atoms with Crippen LogP contribution in [0.5, 0.6) is 0 Å². The van der Waals surface area contributed by atoms with E-state index in [4.69, 9.17) is 11.6 Å². The van der Waals surface area contributed by atoms with Crippen LogP contribution in [0.3, 0.4) is 0 Å². The molecular weight excluding hydrogens is 336 g/mol. The summed E-state index contributed by atoms with van der Waals surface area (Å²) in [5, 5.41) is 4.44. The Morgan fingerprint density at radius 2 is 1.85 bits per heavy atom. The summed E-state index contributed by atoms with van der Waals surface area (Å²) in [6, 6.07) is 16.2. The van der Waals surface area contributed by atoms with Crippen molar-refractivity contribution < 1.29 is 0 Å². The summed E-state index contributed by atoms with van der Waals surface area (Å²) in [7, 11) is 0. The fourth-order valence-corrected chi connectivity index (χ4v) is 2.74. The van der Waals surface area contributed by atoms with E-state index in [-0.39, 0.29) is 0 Å². The third-order valence-corrected chi connectivity index (χ3v) is 3.90. The van der Waals surface area contributed by atoms with Gasteiger partial charge in [0.05, 0.1) is 11.9 Å². The second-order valence-electron chi connectivity index (χ2n) is 4.45. The molecule has 100 valence electrons. The van der Waals surface area contributed by atoms with E-state index in [0.717, 1.165) is 26.9 Å². The molecule has 3 rings (SSSR count). The lowest BCUT2D eigenvalue weighted by atomic mass is 10.1. The van der Waals surface area contributed by atoms with Gasteiger partial charge in [0.1, 0.15) is 0 Å². The number of nitrogens with zero attached hydrogens (tertiary/aromatic N) is 2. The smallest absolute Gasteiger partial charge is 0.0690 e. The van der Waals surface area contributed by atoms with Gasteiger partial charge in [-0.25, -0.2) is 4.68 Å². The van der Waals surface area contributed by atoms with Gasteiger partial charge in [-0.1, -0.05) is 46.3 Å². The Morgan fingerprint density at radius 1 is 1.05 bits per heavy atom. The standard InChI is InChI=1S/C16H12BrClN2/c17-15-6-7-16(13(8-15)9-18)20-11-14(10-19-20)12-4-2-1-3-5-12/h1-8,10-11H,9H2. The van der Waals surface area contributed by atoms with Crippen molar-refractivity contribution in [1.29, 1.82) is 0 Å². The molecule has 0 aliphatic heterocycles. The zero-order valence-electron chi connectivity index (χ0n) is 10.6. The van der Waals surface area contributed by atoms with E-state index >= 15 is 0 Å². The minimum atomic E-state index is 0.454. The lowest BCUT2D eigenvalue weighted by Crippen LogP contribution is -1.98. The van der Waals surface area contributed by atoms with Gasteiger partial charge in [-0.15, -0.1) is 11.6 Å². The predicted octanol–water partition coefficient (Wildman–Crippen LogP) is 5.04. The summed E-state index contributed by atoms with van der Waals surface area (Å²) in [5.41, 5.74) is 4.30. The van der Waals surface area contributed by atoms with Crippen molar-refractivity contribution in [1.82, 2.24) is 9.78 Å². The molecule has 0 unspecified atom stereocenters. The lowest BCUT2D eigenvalue weighted by molar-refractivity contribution is 0.870. The highest BCUT2D eigenvalue weighted by molar-refractivity contribution is 9.10. The maximum Gasteiger partial charge on any atom is 0.0690 e. The van der Waals surface area contributed by atoms with Crippen molar-refractivity contribution in [3.05, 3.63) is 71.0 Å². The molecule has 2 nitrogen and oxygen atoms in total. The normalized spacial score (nSPS) is 10.7. The monoisotopic (exact) mass is 346 g/mol. The van der Waals surface area contributed by atoms with Crippen molar-refractivity contribution in [2.75, 3.05) is 0 Å². The molecule has 0 aliphatic rings. The van der Waals surface area contributed by atoms with Gasteiger partial charge in [0.15, 0.2) is 0 Å². The van der Waals surface area contributed by atoms with Crippen molar-refractivity contribution in [3.63, 3.8) is 0 Å². The van der Waals surface area contributed by atoms with Crippen molar-refractivity contribution in [2.24, 2.45) is 0 Å². The van der Waals surface area contributed by atoms with Gasteiger partial charge in [0.2, 0.25) is 0 Å². The first kappa shape index (κ1) is 13.4. The molecule has 0 atom stereocenters. The number of alkyl halides is 1. The first-order valence-corrected chi connectivity index (χ1v) is 7.55. The summed E-state index contributed by atoms with van der Waals surface area (Å²) in [5.74, 6) is 0.454. The highest BCUT2D eigenvalue weighted by Gasteiger charge is 2.07. The molecule has 20 heavy (non-hydrogen) atoms. The van der Waals surface area contributed by atoms with E-state index in [1.165, 1.54) is 0 Å². The van der Waals surface area contributed by atoms with Gasteiger partial charge < -0.3 is 0 Å². The van der Waals surface area contributed by atoms with Crippen LogP contribution in [0.1, 0.15) is 5.56 Å². The van der Waals surface area contributed by atoms with Crippen molar-refractivity contribution in [3.8, 4) is 16.8 Å². The number of rotatable bonds is 3. The number of benzene rings is 2. The van der Waals surface area contributed by atoms with Gasteiger partial charge in [-0.3, -0.25) is 0 Å². The maximum absolute atomic E-state index is 6.02. The molecule has 0 spiro atoms. The van der Waals surface area contributed by atoms with Crippen LogP contribution in [-0.2, 0) is 5.88 Å². The van der Waals surface area contributed by atoms with Crippen LogP contribution in [0.15, 0.2) is 65.4 Å². The largest absolute Gasteiger partial charge is 0.240 e. The van der Waals surface area contributed by atoms with Gasteiger partial charge in [-0.05, 0) is 29.3 Å². The molecular formula is C16H12BrClN2. The summed E-state index contributed by atoms with van der Waals surface area (Å²) in [6.07, 6.45) is 3.89. The zero-order valence-corrected chi connectivity index (χ0v) is 13.0. The summed E-state index contributed by atoms with van der Waals surface area (Å²) >= 11 is 9.48.